The number of aromatic carboxylic acids is 1. The lowest BCUT2D eigenvalue weighted by Crippen LogP contribution is -2.03. The third kappa shape index (κ3) is 3.85. The Hall–Kier alpha value is -2.28. The summed E-state index contributed by atoms with van der Waals surface area (Å²) >= 11 is 0.421. The summed E-state index contributed by atoms with van der Waals surface area (Å²) in [6.45, 7) is 0. The normalized spacial score (nSPS) is 10.6. The van der Waals surface area contributed by atoms with Gasteiger partial charge < -0.3 is 16.2 Å². The molecule has 0 aliphatic rings. The van der Waals surface area contributed by atoms with Crippen molar-refractivity contribution in [3.63, 3.8) is 0 Å². The first-order valence-corrected chi connectivity index (χ1v) is 6.79. The largest absolute Gasteiger partial charge is 0.478 e. The van der Waals surface area contributed by atoms with E-state index in [0.29, 0.717) is 28.0 Å². The number of nitrogens with two attached hydrogens (primary N) is 1. The topological polar surface area (TPSA) is 75.3 Å². The molecule has 0 aromatic heterocycles. The van der Waals surface area contributed by atoms with Crippen LogP contribution in [0.5, 0.6) is 0 Å². The standard InChI is InChI=1S/C14H12F2N2O2S/c15-14(16)21-12-4-2-1-3-11(12)18-8-5-6-10(17)9(7-8)13(19)20/h1-7,14,18H,17H2,(H,19,20). The summed E-state index contributed by atoms with van der Waals surface area (Å²) in [5, 5.41) is 11.9. The number of nitrogens with one attached hydrogen (secondary N) is 1. The van der Waals surface area contributed by atoms with E-state index < -0.39 is 11.7 Å². The maximum Gasteiger partial charge on any atom is 0.337 e. The number of para-hydroxylation sites is 1. The fourth-order valence-corrected chi connectivity index (χ4v) is 2.34. The van der Waals surface area contributed by atoms with Crippen molar-refractivity contribution in [2.75, 3.05) is 11.1 Å². The second-order valence-electron chi connectivity index (χ2n) is 4.11. The summed E-state index contributed by atoms with van der Waals surface area (Å²) in [6.07, 6.45) is 0. The third-order valence-electron chi connectivity index (χ3n) is 2.67. The maximum atomic E-state index is 12.5. The fraction of sp³-hybridized carbons (Fsp3) is 0.0714. The van der Waals surface area contributed by atoms with E-state index in [0.717, 1.165) is 0 Å². The lowest BCUT2D eigenvalue weighted by molar-refractivity contribution is 0.0698. The summed E-state index contributed by atoms with van der Waals surface area (Å²) in [7, 11) is 0. The van der Waals surface area contributed by atoms with Crippen LogP contribution in [0.2, 0.25) is 0 Å². The first-order valence-electron chi connectivity index (χ1n) is 5.91. The lowest BCUT2D eigenvalue weighted by Gasteiger charge is -2.12. The molecule has 2 aromatic rings. The van der Waals surface area contributed by atoms with Crippen molar-refractivity contribution in [2.45, 2.75) is 10.7 Å². The average Bonchev–Trinajstić information content (AvgIpc) is 2.42. The van der Waals surface area contributed by atoms with E-state index in [4.69, 9.17) is 10.8 Å². The van der Waals surface area contributed by atoms with E-state index in [9.17, 15) is 13.6 Å². The van der Waals surface area contributed by atoms with Crippen LogP contribution in [0.25, 0.3) is 0 Å². The van der Waals surface area contributed by atoms with Gasteiger partial charge in [0, 0.05) is 16.3 Å². The number of carboxylic acids is 1. The van der Waals surface area contributed by atoms with Crippen LogP contribution in [0.4, 0.5) is 25.8 Å². The van der Waals surface area contributed by atoms with Crippen molar-refractivity contribution in [3.05, 3.63) is 48.0 Å². The van der Waals surface area contributed by atoms with Crippen LogP contribution in [0, 0.1) is 0 Å². The number of hydrogen-bond donors (Lipinski definition) is 3. The van der Waals surface area contributed by atoms with Gasteiger partial charge in [0.1, 0.15) is 0 Å². The molecule has 0 unspecified atom stereocenters. The summed E-state index contributed by atoms with van der Waals surface area (Å²) in [6, 6.07) is 11.0. The summed E-state index contributed by atoms with van der Waals surface area (Å²) < 4.78 is 25.0. The molecule has 7 heteroatoms. The maximum absolute atomic E-state index is 12.5. The van der Waals surface area contributed by atoms with Gasteiger partial charge in [-0.1, -0.05) is 23.9 Å². The predicted octanol–water partition coefficient (Wildman–Crippen LogP) is 4.03. The minimum atomic E-state index is -2.53. The number of anilines is 3. The minimum Gasteiger partial charge on any atom is -0.478 e. The minimum absolute atomic E-state index is 0.0426. The quantitative estimate of drug-likeness (QED) is 0.574. The molecule has 0 saturated heterocycles. The summed E-state index contributed by atoms with van der Waals surface area (Å²) in [4.78, 5) is 11.4. The van der Waals surface area contributed by atoms with Crippen molar-refractivity contribution in [2.24, 2.45) is 0 Å². The highest BCUT2D eigenvalue weighted by molar-refractivity contribution is 7.99. The van der Waals surface area contributed by atoms with Crippen LogP contribution in [0.3, 0.4) is 0 Å². The zero-order valence-corrected chi connectivity index (χ0v) is 11.5. The van der Waals surface area contributed by atoms with Crippen LogP contribution in [0.15, 0.2) is 47.4 Å². The first-order chi connectivity index (χ1) is 9.97. The highest BCUT2D eigenvalue weighted by atomic mass is 32.2. The number of benzene rings is 2. The van der Waals surface area contributed by atoms with E-state index in [1.54, 1.807) is 30.3 Å². The molecule has 4 N–H and O–H groups in total. The van der Waals surface area contributed by atoms with E-state index >= 15 is 0 Å². The molecule has 2 aromatic carbocycles. The Bertz CT molecular complexity index is 665. The zero-order chi connectivity index (χ0) is 15.4. The Morgan fingerprint density at radius 1 is 1.24 bits per heavy atom. The molecule has 0 amide bonds. The van der Waals surface area contributed by atoms with E-state index in [-0.39, 0.29) is 11.3 Å². The molecule has 0 saturated carbocycles. The fourth-order valence-electron chi connectivity index (χ4n) is 1.74. The number of halogens is 2. The van der Waals surface area contributed by atoms with Gasteiger partial charge in [0.25, 0.3) is 5.76 Å². The highest BCUT2D eigenvalue weighted by Crippen LogP contribution is 2.33. The Morgan fingerprint density at radius 3 is 2.62 bits per heavy atom. The first kappa shape index (κ1) is 15.1. The van der Waals surface area contributed by atoms with Crippen molar-refractivity contribution < 1.29 is 18.7 Å². The number of carbonyl (C=O) groups is 1. The summed E-state index contributed by atoms with van der Waals surface area (Å²) in [5.41, 5.74) is 6.60. The van der Waals surface area contributed by atoms with Crippen molar-refractivity contribution in [1.82, 2.24) is 0 Å². The number of rotatable bonds is 5. The van der Waals surface area contributed by atoms with E-state index in [2.05, 4.69) is 5.32 Å². The van der Waals surface area contributed by atoms with Crippen LogP contribution < -0.4 is 11.1 Å². The van der Waals surface area contributed by atoms with Crippen LogP contribution in [-0.4, -0.2) is 16.8 Å². The average molecular weight is 310 g/mol. The third-order valence-corrected chi connectivity index (χ3v) is 3.45. The second kappa shape index (κ2) is 6.45. The molecule has 4 nitrogen and oxygen atoms in total. The molecule has 0 heterocycles. The molecule has 0 fully saturated rings. The smallest absolute Gasteiger partial charge is 0.337 e. The van der Waals surface area contributed by atoms with Gasteiger partial charge in [-0.25, -0.2) is 4.79 Å². The molecule has 0 aliphatic heterocycles. The van der Waals surface area contributed by atoms with Crippen molar-refractivity contribution in [1.29, 1.82) is 0 Å². The second-order valence-corrected chi connectivity index (χ2v) is 5.14. The van der Waals surface area contributed by atoms with Gasteiger partial charge in [0.05, 0.1) is 11.3 Å². The lowest BCUT2D eigenvalue weighted by atomic mass is 10.1. The van der Waals surface area contributed by atoms with Gasteiger partial charge in [-0.05, 0) is 30.3 Å². The highest BCUT2D eigenvalue weighted by Gasteiger charge is 2.12. The number of nitrogen functional groups attached to an aromatic ring is 1. The Labute approximate surface area is 124 Å². The SMILES string of the molecule is Nc1ccc(Nc2ccccc2SC(F)F)cc1C(=O)O. The molecule has 21 heavy (non-hydrogen) atoms. The Morgan fingerprint density at radius 2 is 1.95 bits per heavy atom. The molecule has 0 spiro atoms. The van der Waals surface area contributed by atoms with Crippen LogP contribution in [0.1, 0.15) is 10.4 Å². The Kier molecular flexibility index (Phi) is 4.64. The van der Waals surface area contributed by atoms with Crippen LogP contribution in [-0.2, 0) is 0 Å². The summed E-state index contributed by atoms with van der Waals surface area (Å²) in [5.74, 6) is -3.68. The number of alkyl halides is 2. The molecule has 0 bridgehead atoms. The van der Waals surface area contributed by atoms with Crippen molar-refractivity contribution in [3.8, 4) is 0 Å². The van der Waals surface area contributed by atoms with Gasteiger partial charge in [0.15, 0.2) is 0 Å². The number of carboxylic acid groups (broad SMARTS) is 1. The monoisotopic (exact) mass is 310 g/mol. The molecule has 2 rings (SSSR count). The van der Waals surface area contributed by atoms with Gasteiger partial charge >= 0.3 is 5.97 Å². The Balaban J connectivity index is 2.30. The predicted molar refractivity (Wildman–Crippen MR) is 79.4 cm³/mol. The van der Waals surface area contributed by atoms with Gasteiger partial charge in [0.2, 0.25) is 0 Å². The van der Waals surface area contributed by atoms with Gasteiger partial charge in [-0.2, -0.15) is 8.78 Å². The molecule has 110 valence electrons. The van der Waals surface area contributed by atoms with E-state index in [1.165, 1.54) is 12.1 Å². The van der Waals surface area contributed by atoms with Gasteiger partial charge in [-0.15, -0.1) is 0 Å². The van der Waals surface area contributed by atoms with Gasteiger partial charge in [-0.3, -0.25) is 0 Å². The molecule has 0 atom stereocenters. The molecule has 0 aliphatic carbocycles. The zero-order valence-electron chi connectivity index (χ0n) is 10.7. The van der Waals surface area contributed by atoms with Crippen LogP contribution >= 0.6 is 11.8 Å². The van der Waals surface area contributed by atoms with E-state index in [1.807, 2.05) is 0 Å². The molecule has 0 radical (unpaired) electrons. The van der Waals surface area contributed by atoms with Crippen molar-refractivity contribution >= 4 is 34.8 Å². The number of thioether (sulfide) groups is 1. The molecular formula is C14H12F2N2O2S. The molecular weight excluding hydrogens is 298 g/mol. The number of hydrogen-bond acceptors (Lipinski definition) is 4.